The molecule has 0 amide bonds. The number of non-ortho nitro benzene ring substituents is 1. The van der Waals surface area contributed by atoms with Gasteiger partial charge in [-0.3, -0.25) is 10.1 Å². The molecule has 7 nitrogen and oxygen atoms in total. The van der Waals surface area contributed by atoms with E-state index >= 15 is 0 Å². The largest absolute Gasteiger partial charge is 0.487 e. The number of cyclic esters (lactones) is 1. The summed E-state index contributed by atoms with van der Waals surface area (Å²) < 4.78 is 13.1. The van der Waals surface area contributed by atoms with E-state index in [-0.39, 0.29) is 17.3 Å². The first-order valence-corrected chi connectivity index (χ1v) is 11.5. The summed E-state index contributed by atoms with van der Waals surface area (Å²) >= 11 is 4.40. The Balaban J connectivity index is 1.55. The first-order chi connectivity index (χ1) is 15.4. The number of halogens is 2. The first kappa shape index (κ1) is 22.4. The van der Waals surface area contributed by atoms with Crippen LogP contribution in [0.15, 0.2) is 77.4 Å². The van der Waals surface area contributed by atoms with Gasteiger partial charge in [-0.2, -0.15) is 0 Å². The minimum absolute atomic E-state index is 0.0480. The summed E-state index contributed by atoms with van der Waals surface area (Å²) in [5, 5.41) is 10.8. The van der Waals surface area contributed by atoms with Gasteiger partial charge in [0.2, 0.25) is 5.90 Å². The summed E-state index contributed by atoms with van der Waals surface area (Å²) in [4.78, 5) is 26.9. The lowest BCUT2D eigenvalue weighted by atomic mass is 10.2. The van der Waals surface area contributed by atoms with Crippen LogP contribution < -0.4 is 4.74 Å². The molecule has 9 heteroatoms. The highest BCUT2D eigenvalue weighted by Crippen LogP contribution is 2.31. The molecule has 0 aromatic heterocycles. The summed E-state index contributed by atoms with van der Waals surface area (Å²) in [7, 11) is 0. The van der Waals surface area contributed by atoms with Crippen LogP contribution in [-0.2, 0) is 16.1 Å². The molecule has 1 heterocycles. The number of carbonyl (C=O) groups excluding carboxylic acids is 1. The fourth-order valence-corrected chi connectivity index (χ4v) is 5.07. The Morgan fingerprint density at radius 1 is 1.03 bits per heavy atom. The standard InChI is InChI=1S/C23H14I2N2O5/c24-18-10-15(11-19(25)21(18)31-13-14-4-2-1-3-5-14)12-20-23(28)32-22(26-20)16-6-8-17(9-7-16)27(29)30/h1-12H,13H2/b20-12-. The molecule has 0 unspecified atom stereocenters. The SMILES string of the molecule is O=C1OC(c2ccc([N+](=O)[O-])cc2)=N/C1=C\c1cc(I)c(OCc2ccccc2)c(I)c1. The van der Waals surface area contributed by atoms with Gasteiger partial charge in [0.05, 0.1) is 12.1 Å². The van der Waals surface area contributed by atoms with Gasteiger partial charge < -0.3 is 9.47 Å². The van der Waals surface area contributed by atoms with Crippen molar-refractivity contribution < 1.29 is 19.2 Å². The van der Waals surface area contributed by atoms with Crippen molar-refractivity contribution in [3.8, 4) is 5.75 Å². The normalized spacial score (nSPS) is 14.2. The highest BCUT2D eigenvalue weighted by molar-refractivity contribution is 14.1. The van der Waals surface area contributed by atoms with Crippen molar-refractivity contribution in [3.05, 3.63) is 106 Å². The number of benzene rings is 3. The van der Waals surface area contributed by atoms with E-state index in [0.717, 1.165) is 24.0 Å². The van der Waals surface area contributed by atoms with Crippen molar-refractivity contribution in [1.82, 2.24) is 0 Å². The molecule has 0 atom stereocenters. The Morgan fingerprint density at radius 2 is 1.69 bits per heavy atom. The summed E-state index contributed by atoms with van der Waals surface area (Å²) in [5.74, 6) is 0.317. The molecule has 0 saturated heterocycles. The Labute approximate surface area is 210 Å². The average molecular weight is 652 g/mol. The van der Waals surface area contributed by atoms with Gasteiger partial charge in [0.25, 0.3) is 5.69 Å². The second-order valence-corrected chi connectivity index (χ2v) is 9.05. The lowest BCUT2D eigenvalue weighted by Gasteiger charge is -2.11. The number of hydrogen-bond acceptors (Lipinski definition) is 6. The first-order valence-electron chi connectivity index (χ1n) is 9.34. The number of esters is 1. The van der Waals surface area contributed by atoms with Crippen LogP contribution in [-0.4, -0.2) is 16.8 Å². The lowest BCUT2D eigenvalue weighted by Crippen LogP contribution is -2.05. The maximum atomic E-state index is 12.3. The zero-order valence-electron chi connectivity index (χ0n) is 16.3. The van der Waals surface area contributed by atoms with Crippen LogP contribution in [0, 0.1) is 17.3 Å². The predicted octanol–water partition coefficient (Wildman–Crippen LogP) is 5.73. The van der Waals surface area contributed by atoms with Gasteiger partial charge in [0.1, 0.15) is 12.4 Å². The summed E-state index contributed by atoms with van der Waals surface area (Å²) in [6.45, 7) is 0.461. The number of ether oxygens (including phenoxy) is 2. The van der Waals surface area contributed by atoms with Crippen molar-refractivity contribution in [3.63, 3.8) is 0 Å². The van der Waals surface area contributed by atoms with Gasteiger partial charge in [0.15, 0.2) is 5.70 Å². The lowest BCUT2D eigenvalue weighted by molar-refractivity contribution is -0.384. The molecule has 1 aliphatic heterocycles. The molecule has 3 aromatic carbocycles. The zero-order chi connectivity index (χ0) is 22.7. The molecule has 4 rings (SSSR count). The van der Waals surface area contributed by atoms with Crippen molar-refractivity contribution in [2.45, 2.75) is 6.61 Å². The molecule has 0 aliphatic carbocycles. The fraction of sp³-hybridized carbons (Fsp3) is 0.0435. The van der Waals surface area contributed by atoms with E-state index in [2.05, 4.69) is 50.2 Å². The number of hydrogen-bond donors (Lipinski definition) is 0. The van der Waals surface area contributed by atoms with Crippen LogP contribution in [0.25, 0.3) is 6.08 Å². The van der Waals surface area contributed by atoms with Crippen LogP contribution in [0.4, 0.5) is 5.69 Å². The van der Waals surface area contributed by atoms with Gasteiger partial charge in [-0.25, -0.2) is 9.79 Å². The molecule has 0 fully saturated rings. The Morgan fingerprint density at radius 3 is 2.31 bits per heavy atom. The smallest absolute Gasteiger partial charge is 0.363 e. The monoisotopic (exact) mass is 652 g/mol. The molecular weight excluding hydrogens is 638 g/mol. The summed E-state index contributed by atoms with van der Waals surface area (Å²) in [6.07, 6.45) is 1.64. The maximum absolute atomic E-state index is 12.3. The highest BCUT2D eigenvalue weighted by atomic mass is 127. The molecule has 0 bridgehead atoms. The van der Waals surface area contributed by atoms with Crippen molar-refractivity contribution in [1.29, 1.82) is 0 Å². The van der Waals surface area contributed by atoms with Gasteiger partial charge in [-0.1, -0.05) is 30.3 Å². The fourth-order valence-electron chi connectivity index (χ4n) is 2.95. The van der Waals surface area contributed by atoms with E-state index in [1.807, 2.05) is 42.5 Å². The molecule has 1 aliphatic rings. The number of nitro benzene ring substituents is 1. The molecule has 160 valence electrons. The summed E-state index contributed by atoms with van der Waals surface area (Å²) in [5.41, 5.74) is 2.45. The van der Waals surface area contributed by atoms with Crippen LogP contribution in [0.3, 0.4) is 0 Å². The van der Waals surface area contributed by atoms with Crippen molar-refractivity contribution >= 4 is 68.8 Å². The Bertz CT molecular complexity index is 1230. The number of aliphatic imine (C=N–C) groups is 1. The van der Waals surface area contributed by atoms with E-state index in [4.69, 9.17) is 9.47 Å². The third kappa shape index (κ3) is 5.15. The second-order valence-electron chi connectivity index (χ2n) is 6.73. The van der Waals surface area contributed by atoms with E-state index in [1.165, 1.54) is 24.3 Å². The van der Waals surface area contributed by atoms with Crippen LogP contribution in [0.5, 0.6) is 5.75 Å². The molecular formula is C23H14I2N2O5. The molecule has 0 N–H and O–H groups in total. The second kappa shape index (κ2) is 9.77. The van der Waals surface area contributed by atoms with E-state index in [9.17, 15) is 14.9 Å². The minimum atomic E-state index is -0.576. The highest BCUT2D eigenvalue weighted by Gasteiger charge is 2.25. The third-order valence-electron chi connectivity index (χ3n) is 4.50. The summed E-state index contributed by atoms with van der Waals surface area (Å²) in [6, 6.07) is 19.4. The predicted molar refractivity (Wildman–Crippen MR) is 136 cm³/mol. The van der Waals surface area contributed by atoms with Crippen molar-refractivity contribution in [2.24, 2.45) is 4.99 Å². The van der Waals surface area contributed by atoms with E-state index < -0.39 is 10.9 Å². The molecule has 0 radical (unpaired) electrons. The number of carbonyl (C=O) groups is 1. The van der Waals surface area contributed by atoms with Gasteiger partial charge in [0, 0.05) is 17.7 Å². The van der Waals surface area contributed by atoms with E-state index in [0.29, 0.717) is 12.2 Å². The molecule has 3 aromatic rings. The topological polar surface area (TPSA) is 91.0 Å². The van der Waals surface area contributed by atoms with E-state index in [1.54, 1.807) is 6.08 Å². The number of rotatable bonds is 6. The quantitative estimate of drug-likeness (QED) is 0.112. The third-order valence-corrected chi connectivity index (χ3v) is 6.10. The van der Waals surface area contributed by atoms with Crippen molar-refractivity contribution in [2.75, 3.05) is 0 Å². The molecule has 0 spiro atoms. The van der Waals surface area contributed by atoms with Gasteiger partial charge >= 0.3 is 5.97 Å². The number of nitrogens with zero attached hydrogens (tertiary/aromatic N) is 2. The molecule has 0 saturated carbocycles. The van der Waals surface area contributed by atoms with Crippen LogP contribution in [0.1, 0.15) is 16.7 Å². The van der Waals surface area contributed by atoms with Crippen LogP contribution in [0.2, 0.25) is 0 Å². The maximum Gasteiger partial charge on any atom is 0.363 e. The van der Waals surface area contributed by atoms with Gasteiger partial charge in [-0.05, 0) is 86.7 Å². The Hall–Kier alpha value is -2.80. The molecule has 32 heavy (non-hydrogen) atoms. The zero-order valence-corrected chi connectivity index (χ0v) is 20.6. The number of nitro groups is 1. The minimum Gasteiger partial charge on any atom is -0.487 e. The van der Waals surface area contributed by atoms with Gasteiger partial charge in [-0.15, -0.1) is 0 Å². The average Bonchev–Trinajstić information content (AvgIpc) is 3.14. The Kier molecular flexibility index (Phi) is 6.84. The van der Waals surface area contributed by atoms with Crippen LogP contribution >= 0.6 is 45.2 Å².